The summed E-state index contributed by atoms with van der Waals surface area (Å²) in [6.45, 7) is 1.87. The molecule has 0 aliphatic rings. The molecule has 0 spiro atoms. The number of hydrogen-bond acceptors (Lipinski definition) is 5. The van der Waals surface area contributed by atoms with Crippen molar-refractivity contribution in [3.05, 3.63) is 5.82 Å². The Morgan fingerprint density at radius 3 is 2.91 bits per heavy atom. The van der Waals surface area contributed by atoms with Crippen LogP contribution in [-0.2, 0) is 0 Å². The maximum Gasteiger partial charge on any atom is 0.236 e. The Kier molecular flexibility index (Phi) is 1.28. The van der Waals surface area contributed by atoms with Gasteiger partial charge in [-0.2, -0.15) is 4.52 Å². The van der Waals surface area contributed by atoms with Crippen LogP contribution in [0.15, 0.2) is 0 Å². The lowest BCUT2D eigenvalue weighted by atomic mass is 10.7. The first-order chi connectivity index (χ1) is 5.31. The Bertz CT molecular complexity index is 375. The molecule has 0 aliphatic carbocycles. The minimum Gasteiger partial charge on any atom is -0.363 e. The Morgan fingerprint density at radius 1 is 1.45 bits per heavy atom. The van der Waals surface area contributed by atoms with Gasteiger partial charge in [0.15, 0.2) is 5.82 Å². The van der Waals surface area contributed by atoms with Crippen molar-refractivity contribution < 1.29 is 0 Å². The quantitative estimate of drug-likeness (QED) is 0.676. The first-order valence-electron chi connectivity index (χ1n) is 3.18. The van der Waals surface area contributed by atoms with Crippen LogP contribution >= 0.6 is 11.3 Å². The van der Waals surface area contributed by atoms with Crippen molar-refractivity contribution in [1.29, 1.82) is 0 Å². The van der Waals surface area contributed by atoms with Crippen molar-refractivity contribution in [2.75, 3.05) is 12.4 Å². The van der Waals surface area contributed by atoms with Gasteiger partial charge in [-0.3, -0.25) is 0 Å². The fraction of sp³-hybridized carbons (Fsp3) is 0.400. The molecule has 0 unspecified atom stereocenters. The molecule has 2 aromatic heterocycles. The summed E-state index contributed by atoms with van der Waals surface area (Å²) in [7, 11) is 1.83. The van der Waals surface area contributed by atoms with Crippen LogP contribution in [0.3, 0.4) is 0 Å². The largest absolute Gasteiger partial charge is 0.363 e. The number of aryl methyl sites for hydroxylation is 1. The Balaban J connectivity index is 2.70. The molecule has 1 N–H and O–H groups in total. The summed E-state index contributed by atoms with van der Waals surface area (Å²) >= 11 is 1.49. The fourth-order valence-corrected chi connectivity index (χ4v) is 1.55. The van der Waals surface area contributed by atoms with E-state index in [4.69, 9.17) is 0 Å². The zero-order valence-electron chi connectivity index (χ0n) is 6.20. The summed E-state index contributed by atoms with van der Waals surface area (Å²) in [6, 6.07) is 0. The van der Waals surface area contributed by atoms with E-state index in [1.165, 1.54) is 11.3 Å². The highest BCUT2D eigenvalue weighted by Gasteiger charge is 2.05. The molecule has 0 atom stereocenters. The smallest absolute Gasteiger partial charge is 0.236 e. The first kappa shape index (κ1) is 6.53. The number of hydrogen-bond donors (Lipinski definition) is 1. The lowest BCUT2D eigenvalue weighted by Crippen LogP contribution is -1.91. The van der Waals surface area contributed by atoms with E-state index in [9.17, 15) is 0 Å². The van der Waals surface area contributed by atoms with Gasteiger partial charge in [0.2, 0.25) is 10.1 Å². The Hall–Kier alpha value is -1.17. The normalized spacial score (nSPS) is 10.7. The molecule has 0 saturated heterocycles. The van der Waals surface area contributed by atoms with E-state index in [1.807, 2.05) is 14.0 Å². The highest BCUT2D eigenvalue weighted by molar-refractivity contribution is 7.20. The van der Waals surface area contributed by atoms with E-state index in [1.54, 1.807) is 4.52 Å². The van der Waals surface area contributed by atoms with Crippen LogP contribution in [0.5, 0.6) is 0 Å². The molecule has 0 amide bonds. The number of nitrogens with zero attached hydrogens (tertiary/aromatic N) is 4. The monoisotopic (exact) mass is 169 g/mol. The zero-order valence-corrected chi connectivity index (χ0v) is 7.01. The maximum absolute atomic E-state index is 4.19. The Labute approximate surface area is 67.1 Å². The predicted octanol–water partition coefficient (Wildman–Crippen LogP) is 0.536. The van der Waals surface area contributed by atoms with Gasteiger partial charge >= 0.3 is 0 Å². The lowest BCUT2D eigenvalue weighted by molar-refractivity contribution is 0.896. The third-order valence-corrected chi connectivity index (χ3v) is 2.28. The maximum atomic E-state index is 4.19. The second-order valence-electron chi connectivity index (χ2n) is 2.10. The minimum absolute atomic E-state index is 0.817. The number of anilines is 1. The fourth-order valence-electron chi connectivity index (χ4n) is 0.816. The molecule has 0 saturated carbocycles. The molecule has 0 aliphatic heterocycles. The SMILES string of the molecule is CNc1nn2c(C)nnc2s1. The molecule has 6 heteroatoms. The van der Waals surface area contributed by atoms with E-state index >= 15 is 0 Å². The molecule has 2 heterocycles. The minimum atomic E-state index is 0.817. The second kappa shape index (κ2) is 2.16. The van der Waals surface area contributed by atoms with Gasteiger partial charge in [0.05, 0.1) is 0 Å². The van der Waals surface area contributed by atoms with E-state index in [-0.39, 0.29) is 0 Å². The number of fused-ring (bicyclic) bond motifs is 1. The summed E-state index contributed by atoms with van der Waals surface area (Å²) < 4.78 is 1.72. The molecule has 0 fully saturated rings. The third-order valence-electron chi connectivity index (χ3n) is 1.36. The van der Waals surface area contributed by atoms with E-state index in [0.717, 1.165) is 15.9 Å². The van der Waals surface area contributed by atoms with Crippen molar-refractivity contribution in [2.24, 2.45) is 0 Å². The van der Waals surface area contributed by atoms with Gasteiger partial charge in [0.1, 0.15) is 0 Å². The highest BCUT2D eigenvalue weighted by Crippen LogP contribution is 2.16. The Morgan fingerprint density at radius 2 is 2.27 bits per heavy atom. The van der Waals surface area contributed by atoms with Gasteiger partial charge in [0.25, 0.3) is 0 Å². The van der Waals surface area contributed by atoms with Crippen molar-refractivity contribution in [3.63, 3.8) is 0 Å². The molecule has 58 valence electrons. The molecular weight excluding hydrogens is 162 g/mol. The van der Waals surface area contributed by atoms with Crippen LogP contribution < -0.4 is 5.32 Å². The van der Waals surface area contributed by atoms with Gasteiger partial charge in [-0.25, -0.2) is 0 Å². The molecule has 5 nitrogen and oxygen atoms in total. The van der Waals surface area contributed by atoms with E-state index < -0.39 is 0 Å². The number of nitrogens with one attached hydrogen (secondary N) is 1. The van der Waals surface area contributed by atoms with Crippen LogP contribution in [-0.4, -0.2) is 26.9 Å². The summed E-state index contributed by atoms with van der Waals surface area (Å²) in [4.78, 5) is 0.826. The van der Waals surface area contributed by atoms with Crippen LogP contribution in [0, 0.1) is 6.92 Å². The topological polar surface area (TPSA) is 55.1 Å². The van der Waals surface area contributed by atoms with Gasteiger partial charge in [-0.15, -0.1) is 15.3 Å². The molecule has 2 aromatic rings. The highest BCUT2D eigenvalue weighted by atomic mass is 32.1. The molecule has 0 aromatic carbocycles. The van der Waals surface area contributed by atoms with Crippen LogP contribution in [0.4, 0.5) is 5.13 Å². The van der Waals surface area contributed by atoms with Crippen molar-refractivity contribution in [2.45, 2.75) is 6.92 Å². The van der Waals surface area contributed by atoms with Crippen LogP contribution in [0.25, 0.3) is 4.96 Å². The second-order valence-corrected chi connectivity index (χ2v) is 3.05. The zero-order chi connectivity index (χ0) is 7.84. The van der Waals surface area contributed by atoms with Crippen molar-refractivity contribution in [1.82, 2.24) is 19.8 Å². The van der Waals surface area contributed by atoms with Crippen LogP contribution in [0.2, 0.25) is 0 Å². The predicted molar refractivity (Wildman–Crippen MR) is 42.9 cm³/mol. The molecule has 2 rings (SSSR count). The summed E-state index contributed by atoms with van der Waals surface area (Å²) in [5.74, 6) is 0.817. The molecule has 0 bridgehead atoms. The van der Waals surface area contributed by atoms with Crippen LogP contribution in [0.1, 0.15) is 5.82 Å². The average molecular weight is 169 g/mol. The van der Waals surface area contributed by atoms with Gasteiger partial charge in [-0.05, 0) is 6.92 Å². The third kappa shape index (κ3) is 0.864. The van der Waals surface area contributed by atoms with E-state index in [2.05, 4.69) is 20.6 Å². The number of aromatic nitrogens is 4. The lowest BCUT2D eigenvalue weighted by Gasteiger charge is -1.85. The number of rotatable bonds is 1. The van der Waals surface area contributed by atoms with Crippen molar-refractivity contribution >= 4 is 21.4 Å². The molecule has 11 heavy (non-hydrogen) atoms. The van der Waals surface area contributed by atoms with Gasteiger partial charge in [-0.1, -0.05) is 11.3 Å². The summed E-state index contributed by atoms with van der Waals surface area (Å²) in [5, 5.41) is 15.8. The summed E-state index contributed by atoms with van der Waals surface area (Å²) in [5.41, 5.74) is 0. The first-order valence-corrected chi connectivity index (χ1v) is 3.99. The summed E-state index contributed by atoms with van der Waals surface area (Å²) in [6.07, 6.45) is 0. The van der Waals surface area contributed by atoms with E-state index in [0.29, 0.717) is 0 Å². The standard InChI is InChI=1S/C5H7N5S/c1-3-7-8-5-10(3)9-4(6-2)11-5/h1-2H3,(H,6,9). The van der Waals surface area contributed by atoms with Gasteiger partial charge < -0.3 is 5.32 Å². The molecule has 0 radical (unpaired) electrons. The molecular formula is C5H7N5S. The average Bonchev–Trinajstić information content (AvgIpc) is 2.53. The van der Waals surface area contributed by atoms with Crippen molar-refractivity contribution in [3.8, 4) is 0 Å². The van der Waals surface area contributed by atoms with Gasteiger partial charge in [0, 0.05) is 7.05 Å².